The van der Waals surface area contributed by atoms with E-state index in [0.29, 0.717) is 32.1 Å². The summed E-state index contributed by atoms with van der Waals surface area (Å²) in [5.74, 6) is 0.504. The third kappa shape index (κ3) is 5.53. The van der Waals surface area contributed by atoms with Crippen molar-refractivity contribution in [2.45, 2.75) is 32.9 Å². The average Bonchev–Trinajstić information content (AvgIpc) is 3.15. The van der Waals surface area contributed by atoms with Gasteiger partial charge in [0.25, 0.3) is 5.56 Å². The Bertz CT molecular complexity index is 1610. The van der Waals surface area contributed by atoms with Gasteiger partial charge in [0.15, 0.2) is 11.4 Å². The van der Waals surface area contributed by atoms with Crippen LogP contribution in [0, 0.1) is 11.3 Å². The fraction of sp³-hybridized carbons (Fsp3) is 0.259. The summed E-state index contributed by atoms with van der Waals surface area (Å²) in [6.07, 6.45) is 1.39. The van der Waals surface area contributed by atoms with Gasteiger partial charge in [-0.15, -0.1) is 0 Å². The number of fused-ring (bicyclic) bond motifs is 1. The summed E-state index contributed by atoms with van der Waals surface area (Å²) < 4.78 is 19.3. The van der Waals surface area contributed by atoms with E-state index in [9.17, 15) is 9.59 Å². The van der Waals surface area contributed by atoms with Gasteiger partial charge in [0.1, 0.15) is 23.6 Å². The molecule has 0 unspecified atom stereocenters. The summed E-state index contributed by atoms with van der Waals surface area (Å²) in [6, 6.07) is 13.7. The summed E-state index contributed by atoms with van der Waals surface area (Å²) in [5.41, 5.74) is 1.80. The molecule has 2 heterocycles. The number of esters is 1. The summed E-state index contributed by atoms with van der Waals surface area (Å²) in [6.45, 7) is 5.20. The monoisotopic (exact) mass is 581 g/mol. The highest BCUT2D eigenvalue weighted by atomic mass is 79.9. The van der Waals surface area contributed by atoms with Gasteiger partial charge in [-0.3, -0.25) is 9.36 Å². The molecule has 0 spiro atoms. The first-order chi connectivity index (χ1) is 17.7. The highest BCUT2D eigenvalue weighted by molar-refractivity contribution is 9.10. The number of methoxy groups -OCH3 is 1. The summed E-state index contributed by atoms with van der Waals surface area (Å²) in [5, 5.41) is 8.78. The molecule has 0 saturated heterocycles. The van der Waals surface area contributed by atoms with E-state index >= 15 is 0 Å². The number of rotatable bonds is 7. The number of nitriles is 1. The Hall–Kier alpha value is -3.68. The van der Waals surface area contributed by atoms with Gasteiger partial charge in [0, 0.05) is 10.0 Å². The number of allylic oxidation sites excluding steroid dienone is 1. The lowest BCUT2D eigenvalue weighted by Crippen LogP contribution is -2.40. The molecule has 1 atom stereocenters. The minimum Gasteiger partial charge on any atom is -0.496 e. The number of hydrogen-bond acceptors (Lipinski definition) is 8. The van der Waals surface area contributed by atoms with Crippen molar-refractivity contribution >= 4 is 39.3 Å². The van der Waals surface area contributed by atoms with Gasteiger partial charge in [-0.05, 0) is 62.7 Å². The molecule has 0 aliphatic carbocycles. The fourth-order valence-electron chi connectivity index (χ4n) is 4.03. The second-order valence-corrected chi connectivity index (χ2v) is 10.4. The molecular formula is C27H24BrN3O5S. The maximum absolute atomic E-state index is 13.8. The topological polar surface area (TPSA) is 103 Å². The zero-order valence-electron chi connectivity index (χ0n) is 20.6. The van der Waals surface area contributed by atoms with E-state index < -0.39 is 12.0 Å². The van der Waals surface area contributed by atoms with Crippen molar-refractivity contribution in [3.8, 4) is 17.6 Å². The molecule has 1 aliphatic rings. The van der Waals surface area contributed by atoms with E-state index in [4.69, 9.17) is 19.5 Å². The molecule has 3 aromatic rings. The van der Waals surface area contributed by atoms with Crippen LogP contribution < -0.4 is 24.4 Å². The molecule has 1 aromatic heterocycles. The van der Waals surface area contributed by atoms with Crippen molar-refractivity contribution in [3.63, 3.8) is 0 Å². The van der Waals surface area contributed by atoms with Crippen molar-refractivity contribution < 1.29 is 19.0 Å². The molecular weight excluding hydrogens is 558 g/mol. The number of aromatic nitrogens is 1. The number of carbonyl (C=O) groups is 1. The predicted octanol–water partition coefficient (Wildman–Crippen LogP) is 3.86. The zero-order chi connectivity index (χ0) is 26.7. The maximum atomic E-state index is 13.8. The maximum Gasteiger partial charge on any atom is 0.338 e. The first-order valence-corrected chi connectivity index (χ1v) is 13.0. The molecule has 0 N–H and O–H groups in total. The third-order valence-electron chi connectivity index (χ3n) is 5.53. The molecule has 8 nitrogen and oxygen atoms in total. The lowest BCUT2D eigenvalue weighted by atomic mass is 9.95. The molecule has 4 rings (SSSR count). The SMILES string of the molecule is COc1ccc(Br)cc1[C@@H]1C(C(=O)OC(C)C)=C(C)N=c2s/c(=C\c3cccc(OCC#N)c3)c(=O)n21. The minimum absolute atomic E-state index is 0.0748. The molecule has 2 aromatic carbocycles. The van der Waals surface area contributed by atoms with Crippen molar-refractivity contribution in [2.75, 3.05) is 13.7 Å². The van der Waals surface area contributed by atoms with Crippen molar-refractivity contribution in [3.05, 3.63) is 89.0 Å². The molecule has 0 bridgehead atoms. The first-order valence-electron chi connectivity index (χ1n) is 11.4. The van der Waals surface area contributed by atoms with Crippen LogP contribution in [0.2, 0.25) is 0 Å². The molecule has 37 heavy (non-hydrogen) atoms. The van der Waals surface area contributed by atoms with Crippen LogP contribution in [0.25, 0.3) is 6.08 Å². The van der Waals surface area contributed by atoms with Crippen LogP contribution in [0.3, 0.4) is 0 Å². The van der Waals surface area contributed by atoms with Gasteiger partial charge in [-0.2, -0.15) is 5.26 Å². The Kier molecular flexibility index (Phi) is 7.95. The average molecular weight is 582 g/mol. The quantitative estimate of drug-likeness (QED) is 0.392. The van der Waals surface area contributed by atoms with Gasteiger partial charge in [0.2, 0.25) is 0 Å². The van der Waals surface area contributed by atoms with Crippen molar-refractivity contribution in [1.29, 1.82) is 5.26 Å². The Morgan fingerprint density at radius 3 is 2.78 bits per heavy atom. The van der Waals surface area contributed by atoms with E-state index in [2.05, 4.69) is 20.9 Å². The van der Waals surface area contributed by atoms with Crippen LogP contribution in [0.15, 0.2) is 68.0 Å². The molecule has 0 saturated carbocycles. The lowest BCUT2D eigenvalue weighted by Gasteiger charge is -2.26. The molecule has 0 fully saturated rings. The summed E-state index contributed by atoms with van der Waals surface area (Å²) >= 11 is 4.73. The number of ether oxygens (including phenoxy) is 3. The molecule has 0 radical (unpaired) electrons. The van der Waals surface area contributed by atoms with Crippen molar-refractivity contribution in [2.24, 2.45) is 4.99 Å². The molecule has 190 valence electrons. The Balaban J connectivity index is 1.94. The highest BCUT2D eigenvalue weighted by Gasteiger charge is 2.35. The van der Waals surface area contributed by atoms with Crippen LogP contribution >= 0.6 is 27.3 Å². The second kappa shape index (κ2) is 11.2. The van der Waals surface area contributed by atoms with E-state index in [1.807, 2.05) is 24.3 Å². The van der Waals surface area contributed by atoms with Crippen LogP contribution in [0.5, 0.6) is 11.5 Å². The van der Waals surface area contributed by atoms with E-state index in [1.54, 1.807) is 58.2 Å². The number of nitrogens with zero attached hydrogens (tertiary/aromatic N) is 3. The lowest BCUT2D eigenvalue weighted by molar-refractivity contribution is -0.143. The number of halogens is 1. The van der Waals surface area contributed by atoms with Crippen LogP contribution in [-0.4, -0.2) is 30.4 Å². The normalized spacial score (nSPS) is 15.2. The summed E-state index contributed by atoms with van der Waals surface area (Å²) in [4.78, 5) is 32.2. The number of carbonyl (C=O) groups excluding carboxylic acids is 1. The van der Waals surface area contributed by atoms with E-state index in [-0.39, 0.29) is 23.8 Å². The minimum atomic E-state index is -0.803. The smallest absolute Gasteiger partial charge is 0.338 e. The van der Waals surface area contributed by atoms with E-state index in [1.165, 1.54) is 15.9 Å². The second-order valence-electron chi connectivity index (χ2n) is 8.44. The van der Waals surface area contributed by atoms with Gasteiger partial charge in [-0.1, -0.05) is 39.4 Å². The molecule has 10 heteroatoms. The van der Waals surface area contributed by atoms with E-state index in [0.717, 1.165) is 10.0 Å². The highest BCUT2D eigenvalue weighted by Crippen LogP contribution is 2.37. The van der Waals surface area contributed by atoms with Gasteiger partial charge < -0.3 is 14.2 Å². The standard InChI is InChI=1S/C27H24BrN3O5S/c1-15(2)36-26(33)23-16(3)30-27-31(24(23)20-14-18(28)8-9-21(20)34-4)25(32)22(37-27)13-17-6-5-7-19(12-17)35-11-10-29/h5-9,12-15,24H,11H2,1-4H3/b22-13-/t24-/m1/s1. The van der Waals surface area contributed by atoms with Crippen LogP contribution in [-0.2, 0) is 9.53 Å². The van der Waals surface area contributed by atoms with Gasteiger partial charge >= 0.3 is 5.97 Å². The Morgan fingerprint density at radius 2 is 2.08 bits per heavy atom. The van der Waals surface area contributed by atoms with Crippen LogP contribution in [0.1, 0.15) is 37.9 Å². The first kappa shape index (κ1) is 26.4. The number of thiazole rings is 1. The van der Waals surface area contributed by atoms with Crippen molar-refractivity contribution in [1.82, 2.24) is 4.57 Å². The molecule has 0 amide bonds. The van der Waals surface area contributed by atoms with Gasteiger partial charge in [-0.25, -0.2) is 9.79 Å². The Morgan fingerprint density at radius 1 is 1.30 bits per heavy atom. The third-order valence-corrected chi connectivity index (χ3v) is 7.01. The number of benzene rings is 2. The predicted molar refractivity (Wildman–Crippen MR) is 143 cm³/mol. The largest absolute Gasteiger partial charge is 0.496 e. The van der Waals surface area contributed by atoms with Crippen LogP contribution in [0.4, 0.5) is 0 Å². The number of hydrogen-bond donors (Lipinski definition) is 0. The zero-order valence-corrected chi connectivity index (χ0v) is 23.1. The summed E-state index contributed by atoms with van der Waals surface area (Å²) in [7, 11) is 1.54. The fourth-order valence-corrected chi connectivity index (χ4v) is 5.46. The Labute approximate surface area is 225 Å². The van der Waals surface area contributed by atoms with Gasteiger partial charge in [0.05, 0.1) is 29.0 Å². The molecule has 1 aliphatic heterocycles.